The molecule has 1 N–H and O–H groups in total. The minimum atomic E-state index is -4.83. The van der Waals surface area contributed by atoms with E-state index < -0.39 is 23.5 Å². The zero-order valence-electron chi connectivity index (χ0n) is 15.1. The van der Waals surface area contributed by atoms with Gasteiger partial charge in [-0.3, -0.25) is 9.78 Å². The molecule has 0 spiro atoms. The van der Waals surface area contributed by atoms with E-state index >= 15 is 0 Å². The number of carbonyl (C=O) groups excluding carboxylic acids is 1. The summed E-state index contributed by atoms with van der Waals surface area (Å²) >= 11 is 0. The van der Waals surface area contributed by atoms with Crippen LogP contribution in [0.25, 0.3) is 22.2 Å². The van der Waals surface area contributed by atoms with Crippen LogP contribution in [0, 0.1) is 5.82 Å². The molecule has 0 aliphatic heterocycles. The van der Waals surface area contributed by atoms with Crippen LogP contribution in [-0.2, 0) is 6.18 Å². The lowest BCUT2D eigenvalue weighted by Crippen LogP contribution is -2.14. The summed E-state index contributed by atoms with van der Waals surface area (Å²) < 4.78 is 52.7. The number of para-hydroxylation sites is 1. The third-order valence-electron chi connectivity index (χ3n) is 4.33. The minimum Gasteiger partial charge on any atom is -0.319 e. The monoisotopic (exact) mass is 412 g/mol. The summed E-state index contributed by atoms with van der Waals surface area (Å²) in [5.74, 6) is -1.87. The highest BCUT2D eigenvalue weighted by Gasteiger charge is 2.34. The Morgan fingerprint density at radius 3 is 2.57 bits per heavy atom. The van der Waals surface area contributed by atoms with Gasteiger partial charge >= 0.3 is 6.18 Å². The molecule has 9 heteroatoms. The number of nitrogens with one attached hydrogen (secondary N) is 1. The van der Waals surface area contributed by atoms with Gasteiger partial charge in [0.1, 0.15) is 11.5 Å². The van der Waals surface area contributed by atoms with Crippen molar-refractivity contribution >= 4 is 22.5 Å². The Hall–Kier alpha value is -3.88. The highest BCUT2D eigenvalue weighted by molar-refractivity contribution is 6.07. The van der Waals surface area contributed by atoms with Gasteiger partial charge in [-0.2, -0.15) is 13.2 Å². The fraction of sp³-hybridized carbons (Fsp3) is 0.0476. The SMILES string of the molecule is O=C(Nc1cccc2ccc(-c3ccc(F)c(C(F)(F)F)c3)nc12)c1cnccn1. The van der Waals surface area contributed by atoms with Crippen molar-refractivity contribution in [3.63, 3.8) is 0 Å². The van der Waals surface area contributed by atoms with E-state index in [-0.39, 0.29) is 17.0 Å². The van der Waals surface area contributed by atoms with Gasteiger partial charge in [-0.05, 0) is 30.3 Å². The minimum absolute atomic E-state index is 0.0963. The van der Waals surface area contributed by atoms with Crippen LogP contribution in [0.3, 0.4) is 0 Å². The summed E-state index contributed by atoms with van der Waals surface area (Å²) in [5, 5.41) is 3.34. The number of alkyl halides is 3. The zero-order chi connectivity index (χ0) is 21.3. The average Bonchev–Trinajstić information content (AvgIpc) is 2.74. The lowest BCUT2D eigenvalue weighted by molar-refractivity contribution is -0.139. The van der Waals surface area contributed by atoms with E-state index in [2.05, 4.69) is 20.3 Å². The maximum atomic E-state index is 13.6. The summed E-state index contributed by atoms with van der Waals surface area (Å²) in [4.78, 5) is 24.6. The molecule has 5 nitrogen and oxygen atoms in total. The molecule has 4 aromatic rings. The van der Waals surface area contributed by atoms with Crippen LogP contribution >= 0.6 is 0 Å². The van der Waals surface area contributed by atoms with Crippen LogP contribution in [-0.4, -0.2) is 20.9 Å². The van der Waals surface area contributed by atoms with Crippen molar-refractivity contribution in [2.24, 2.45) is 0 Å². The Morgan fingerprint density at radius 1 is 1.00 bits per heavy atom. The molecule has 150 valence electrons. The molecule has 0 unspecified atom stereocenters. The first-order chi connectivity index (χ1) is 14.3. The molecule has 2 aromatic carbocycles. The number of nitrogens with zero attached hydrogens (tertiary/aromatic N) is 3. The summed E-state index contributed by atoms with van der Waals surface area (Å²) in [7, 11) is 0. The molecule has 0 atom stereocenters. The number of hydrogen-bond acceptors (Lipinski definition) is 4. The van der Waals surface area contributed by atoms with Crippen LogP contribution in [0.2, 0.25) is 0 Å². The van der Waals surface area contributed by atoms with E-state index in [1.165, 1.54) is 30.7 Å². The van der Waals surface area contributed by atoms with Crippen LogP contribution < -0.4 is 5.32 Å². The highest BCUT2D eigenvalue weighted by atomic mass is 19.4. The lowest BCUT2D eigenvalue weighted by atomic mass is 10.1. The van der Waals surface area contributed by atoms with E-state index in [0.29, 0.717) is 22.7 Å². The van der Waals surface area contributed by atoms with Gasteiger partial charge in [-0.25, -0.2) is 14.4 Å². The predicted molar refractivity (Wildman–Crippen MR) is 102 cm³/mol. The highest BCUT2D eigenvalue weighted by Crippen LogP contribution is 2.34. The van der Waals surface area contributed by atoms with Gasteiger partial charge < -0.3 is 5.32 Å². The number of pyridine rings is 1. The Bertz CT molecular complexity index is 1240. The summed E-state index contributed by atoms with van der Waals surface area (Å²) in [6.45, 7) is 0. The molecule has 0 saturated heterocycles. The number of hydrogen-bond donors (Lipinski definition) is 1. The van der Waals surface area contributed by atoms with Gasteiger partial charge in [0.25, 0.3) is 5.91 Å². The maximum absolute atomic E-state index is 13.6. The molecule has 1 amide bonds. The first-order valence-electron chi connectivity index (χ1n) is 8.67. The first-order valence-corrected chi connectivity index (χ1v) is 8.67. The van der Waals surface area contributed by atoms with Crippen molar-refractivity contribution in [2.45, 2.75) is 6.18 Å². The van der Waals surface area contributed by atoms with E-state index in [0.717, 1.165) is 6.07 Å². The van der Waals surface area contributed by atoms with Crippen molar-refractivity contribution in [3.05, 3.63) is 84.2 Å². The van der Waals surface area contributed by atoms with Gasteiger partial charge in [0, 0.05) is 23.3 Å². The smallest absolute Gasteiger partial charge is 0.319 e. The Kier molecular flexibility index (Phi) is 4.86. The second kappa shape index (κ2) is 7.51. The third kappa shape index (κ3) is 3.82. The number of carbonyl (C=O) groups is 1. The zero-order valence-corrected chi connectivity index (χ0v) is 15.1. The number of halogens is 4. The van der Waals surface area contributed by atoms with Crippen molar-refractivity contribution < 1.29 is 22.4 Å². The molecular formula is C21H12F4N4O. The Balaban J connectivity index is 1.76. The second-order valence-corrected chi connectivity index (χ2v) is 6.31. The normalized spacial score (nSPS) is 11.5. The van der Waals surface area contributed by atoms with Crippen LogP contribution in [0.4, 0.5) is 23.2 Å². The van der Waals surface area contributed by atoms with Gasteiger partial charge in [-0.15, -0.1) is 0 Å². The fourth-order valence-electron chi connectivity index (χ4n) is 2.91. The van der Waals surface area contributed by atoms with Crippen LogP contribution in [0.15, 0.2) is 67.1 Å². The van der Waals surface area contributed by atoms with Crippen molar-refractivity contribution in [2.75, 3.05) is 5.32 Å². The molecule has 2 heterocycles. The third-order valence-corrected chi connectivity index (χ3v) is 4.33. The first kappa shape index (κ1) is 19.4. The maximum Gasteiger partial charge on any atom is 0.419 e. The average molecular weight is 412 g/mol. The quantitative estimate of drug-likeness (QED) is 0.476. The summed E-state index contributed by atoms with van der Waals surface area (Å²) in [5.41, 5.74) is -0.256. The van der Waals surface area contributed by atoms with Crippen LogP contribution in [0.1, 0.15) is 16.1 Å². The Morgan fingerprint density at radius 2 is 1.83 bits per heavy atom. The molecule has 0 saturated carbocycles. The summed E-state index contributed by atoms with van der Waals surface area (Å²) in [6, 6.07) is 10.9. The fourth-order valence-corrected chi connectivity index (χ4v) is 2.91. The molecule has 0 bridgehead atoms. The van der Waals surface area contributed by atoms with Gasteiger partial charge in [0.15, 0.2) is 0 Å². The number of aromatic nitrogens is 3. The van der Waals surface area contributed by atoms with E-state index in [9.17, 15) is 22.4 Å². The molecule has 0 aliphatic carbocycles. The molecule has 0 fully saturated rings. The van der Waals surface area contributed by atoms with Crippen LogP contribution in [0.5, 0.6) is 0 Å². The number of benzene rings is 2. The van der Waals surface area contributed by atoms with Gasteiger partial charge in [-0.1, -0.05) is 18.2 Å². The van der Waals surface area contributed by atoms with Crippen molar-refractivity contribution in [3.8, 4) is 11.3 Å². The predicted octanol–water partition coefficient (Wildman–Crippen LogP) is 5.10. The second-order valence-electron chi connectivity index (χ2n) is 6.31. The van der Waals surface area contributed by atoms with Crippen molar-refractivity contribution in [1.29, 1.82) is 0 Å². The largest absolute Gasteiger partial charge is 0.419 e. The number of fused-ring (bicyclic) bond motifs is 1. The molecule has 0 aliphatic rings. The van der Waals surface area contributed by atoms with Gasteiger partial charge in [0.2, 0.25) is 0 Å². The topological polar surface area (TPSA) is 67.8 Å². The van der Waals surface area contributed by atoms with Crippen molar-refractivity contribution in [1.82, 2.24) is 15.0 Å². The molecule has 30 heavy (non-hydrogen) atoms. The molecule has 4 rings (SSSR count). The molecule has 0 radical (unpaired) electrons. The standard InChI is InChI=1S/C21H12F4N4O/c22-15-6-4-13(10-14(15)21(23,24)25)16-7-5-12-2-1-3-17(19(12)28-16)29-20(30)18-11-26-8-9-27-18/h1-11H,(H,29,30). The molecule has 2 aromatic heterocycles. The Labute approximate surface area is 167 Å². The lowest BCUT2D eigenvalue weighted by Gasteiger charge is -2.12. The number of amides is 1. The van der Waals surface area contributed by atoms with E-state index in [4.69, 9.17) is 0 Å². The molecular weight excluding hydrogens is 400 g/mol. The number of anilines is 1. The van der Waals surface area contributed by atoms with Gasteiger partial charge in [0.05, 0.1) is 28.7 Å². The van der Waals surface area contributed by atoms with E-state index in [1.807, 2.05) is 0 Å². The van der Waals surface area contributed by atoms with E-state index in [1.54, 1.807) is 24.3 Å². The summed E-state index contributed by atoms with van der Waals surface area (Å²) in [6.07, 6.45) is -0.717. The number of rotatable bonds is 3.